The summed E-state index contributed by atoms with van der Waals surface area (Å²) in [4.78, 5) is 24.7. The van der Waals surface area contributed by atoms with Crippen molar-refractivity contribution in [3.8, 4) is 0 Å². The molecule has 3 N–H and O–H groups in total. The molecule has 1 aliphatic rings. The summed E-state index contributed by atoms with van der Waals surface area (Å²) < 4.78 is 13.5. The van der Waals surface area contributed by atoms with Crippen molar-refractivity contribution in [2.75, 3.05) is 31.5 Å². The standard InChI is InChI=1S/C13H16FN3O3/c14-9-3-1-4-10(11(9)12(18)19)16-13(20)17-7-2-5-15-6-8-17/h1,3-4,15H,2,5-8H2,(H,16,20)(H,18,19). The first kappa shape index (κ1) is 14.3. The number of carboxylic acids is 1. The second-order valence-corrected chi connectivity index (χ2v) is 4.49. The Labute approximate surface area is 115 Å². The molecule has 1 aromatic carbocycles. The summed E-state index contributed by atoms with van der Waals surface area (Å²) in [6.45, 7) is 2.63. The lowest BCUT2D eigenvalue weighted by Crippen LogP contribution is -2.37. The lowest BCUT2D eigenvalue weighted by Gasteiger charge is -2.21. The maximum Gasteiger partial charge on any atom is 0.340 e. The highest BCUT2D eigenvalue weighted by molar-refractivity contribution is 6.00. The molecule has 0 unspecified atom stereocenters. The van der Waals surface area contributed by atoms with E-state index in [4.69, 9.17) is 5.11 Å². The molecule has 6 nitrogen and oxygen atoms in total. The van der Waals surface area contributed by atoms with E-state index in [1.807, 2.05) is 0 Å². The van der Waals surface area contributed by atoms with E-state index in [-0.39, 0.29) is 5.69 Å². The number of carbonyl (C=O) groups excluding carboxylic acids is 1. The number of hydrogen-bond acceptors (Lipinski definition) is 3. The molecule has 7 heteroatoms. The molecule has 20 heavy (non-hydrogen) atoms. The monoisotopic (exact) mass is 281 g/mol. The molecule has 0 atom stereocenters. The van der Waals surface area contributed by atoms with E-state index < -0.39 is 23.4 Å². The molecular formula is C13H16FN3O3. The topological polar surface area (TPSA) is 81.7 Å². The number of nitrogens with zero attached hydrogens (tertiary/aromatic N) is 1. The average Bonchev–Trinajstić information content (AvgIpc) is 2.67. The number of rotatable bonds is 2. The fourth-order valence-electron chi connectivity index (χ4n) is 2.09. The Morgan fingerprint density at radius 1 is 1.30 bits per heavy atom. The van der Waals surface area contributed by atoms with Gasteiger partial charge in [0, 0.05) is 19.6 Å². The number of carboxylic acid groups (broad SMARTS) is 1. The number of aromatic carboxylic acids is 1. The first-order valence-corrected chi connectivity index (χ1v) is 6.38. The van der Waals surface area contributed by atoms with Gasteiger partial charge >= 0.3 is 12.0 Å². The molecule has 0 bridgehead atoms. The molecule has 1 saturated heterocycles. The molecule has 1 aliphatic heterocycles. The molecular weight excluding hydrogens is 265 g/mol. The summed E-state index contributed by atoms with van der Waals surface area (Å²) in [6.07, 6.45) is 0.822. The quantitative estimate of drug-likeness (QED) is 0.764. The van der Waals surface area contributed by atoms with Crippen molar-refractivity contribution in [3.63, 3.8) is 0 Å². The summed E-state index contributed by atoms with van der Waals surface area (Å²) in [5, 5.41) is 14.6. The Morgan fingerprint density at radius 3 is 2.85 bits per heavy atom. The van der Waals surface area contributed by atoms with Crippen LogP contribution in [0, 0.1) is 5.82 Å². The minimum Gasteiger partial charge on any atom is -0.478 e. The fraction of sp³-hybridized carbons (Fsp3) is 0.385. The molecule has 108 valence electrons. The van der Waals surface area contributed by atoms with Gasteiger partial charge in [-0.15, -0.1) is 0 Å². The van der Waals surface area contributed by atoms with Crippen LogP contribution >= 0.6 is 0 Å². The van der Waals surface area contributed by atoms with Crippen LogP contribution < -0.4 is 10.6 Å². The maximum atomic E-state index is 13.5. The summed E-state index contributed by atoms with van der Waals surface area (Å²) in [6, 6.07) is 3.37. The van der Waals surface area contributed by atoms with Crippen LogP contribution in [0.1, 0.15) is 16.8 Å². The first-order valence-electron chi connectivity index (χ1n) is 6.38. The van der Waals surface area contributed by atoms with Gasteiger partial charge in [0.25, 0.3) is 0 Å². The second kappa shape index (κ2) is 6.33. The van der Waals surface area contributed by atoms with Gasteiger partial charge in [-0.1, -0.05) is 6.07 Å². The Hall–Kier alpha value is -2.15. The predicted octanol–water partition coefficient (Wildman–Crippen LogP) is 1.35. The van der Waals surface area contributed by atoms with Gasteiger partial charge in [-0.25, -0.2) is 14.0 Å². The van der Waals surface area contributed by atoms with E-state index in [9.17, 15) is 14.0 Å². The smallest absolute Gasteiger partial charge is 0.340 e. The third-order valence-electron chi connectivity index (χ3n) is 3.10. The first-order chi connectivity index (χ1) is 9.59. The minimum atomic E-state index is -1.41. The van der Waals surface area contributed by atoms with Crippen LogP contribution in [0.25, 0.3) is 0 Å². The van der Waals surface area contributed by atoms with Crippen molar-refractivity contribution >= 4 is 17.7 Å². The molecule has 0 aromatic heterocycles. The number of amides is 2. The van der Waals surface area contributed by atoms with E-state index in [0.717, 1.165) is 19.0 Å². The summed E-state index contributed by atoms with van der Waals surface area (Å²) in [5.41, 5.74) is -0.548. The Balaban J connectivity index is 2.15. The maximum absolute atomic E-state index is 13.5. The number of urea groups is 1. The van der Waals surface area contributed by atoms with Crippen LogP contribution in [0.2, 0.25) is 0 Å². The highest BCUT2D eigenvalue weighted by Crippen LogP contribution is 2.19. The normalized spacial score (nSPS) is 15.6. The molecule has 2 amide bonds. The van der Waals surface area contributed by atoms with Gasteiger partial charge in [0.1, 0.15) is 11.4 Å². The molecule has 1 fully saturated rings. The molecule has 2 rings (SSSR count). The lowest BCUT2D eigenvalue weighted by molar-refractivity contribution is 0.0693. The summed E-state index contributed by atoms with van der Waals surface area (Å²) in [7, 11) is 0. The summed E-state index contributed by atoms with van der Waals surface area (Å²) >= 11 is 0. The highest BCUT2D eigenvalue weighted by atomic mass is 19.1. The number of nitrogens with one attached hydrogen (secondary N) is 2. The Kier molecular flexibility index (Phi) is 4.52. The third-order valence-corrected chi connectivity index (χ3v) is 3.10. The largest absolute Gasteiger partial charge is 0.478 e. The van der Waals surface area contributed by atoms with Gasteiger partial charge in [-0.05, 0) is 25.1 Å². The van der Waals surface area contributed by atoms with Gasteiger partial charge in [-0.3, -0.25) is 0 Å². The van der Waals surface area contributed by atoms with Gasteiger partial charge < -0.3 is 20.6 Å². The minimum absolute atomic E-state index is 0.0280. The van der Waals surface area contributed by atoms with E-state index in [1.54, 1.807) is 4.90 Å². The van der Waals surface area contributed by atoms with Crippen molar-refractivity contribution < 1.29 is 19.1 Å². The zero-order valence-corrected chi connectivity index (χ0v) is 10.9. The number of halogens is 1. The number of anilines is 1. The van der Waals surface area contributed by atoms with E-state index >= 15 is 0 Å². The van der Waals surface area contributed by atoms with Crippen molar-refractivity contribution in [3.05, 3.63) is 29.6 Å². The second-order valence-electron chi connectivity index (χ2n) is 4.49. The van der Waals surface area contributed by atoms with Gasteiger partial charge in [0.2, 0.25) is 0 Å². The van der Waals surface area contributed by atoms with Gasteiger partial charge in [0.15, 0.2) is 0 Å². The molecule has 0 aliphatic carbocycles. The zero-order valence-electron chi connectivity index (χ0n) is 10.9. The fourth-order valence-corrected chi connectivity index (χ4v) is 2.09. The number of carbonyl (C=O) groups is 2. The average molecular weight is 281 g/mol. The van der Waals surface area contributed by atoms with Crippen molar-refractivity contribution in [1.82, 2.24) is 10.2 Å². The van der Waals surface area contributed by atoms with Gasteiger partial charge in [-0.2, -0.15) is 0 Å². The van der Waals surface area contributed by atoms with Crippen LogP contribution in [0.4, 0.5) is 14.9 Å². The third kappa shape index (κ3) is 3.24. The predicted molar refractivity (Wildman–Crippen MR) is 71.4 cm³/mol. The van der Waals surface area contributed by atoms with Crippen molar-refractivity contribution in [2.24, 2.45) is 0 Å². The van der Waals surface area contributed by atoms with Crippen molar-refractivity contribution in [2.45, 2.75) is 6.42 Å². The Bertz CT molecular complexity index is 514. The number of hydrogen-bond donors (Lipinski definition) is 3. The van der Waals surface area contributed by atoms with Crippen LogP contribution in [-0.4, -0.2) is 48.2 Å². The lowest BCUT2D eigenvalue weighted by atomic mass is 10.1. The summed E-state index contributed by atoms with van der Waals surface area (Å²) in [5.74, 6) is -2.27. The molecule has 0 saturated carbocycles. The molecule has 1 aromatic rings. The van der Waals surface area contributed by atoms with E-state index in [0.29, 0.717) is 19.6 Å². The zero-order chi connectivity index (χ0) is 14.5. The van der Waals surface area contributed by atoms with E-state index in [1.165, 1.54) is 12.1 Å². The van der Waals surface area contributed by atoms with Gasteiger partial charge in [0.05, 0.1) is 5.69 Å². The molecule has 1 heterocycles. The molecule has 0 spiro atoms. The van der Waals surface area contributed by atoms with Crippen LogP contribution in [0.5, 0.6) is 0 Å². The number of benzene rings is 1. The highest BCUT2D eigenvalue weighted by Gasteiger charge is 2.20. The Morgan fingerprint density at radius 2 is 2.10 bits per heavy atom. The van der Waals surface area contributed by atoms with Crippen molar-refractivity contribution in [1.29, 1.82) is 0 Å². The SMILES string of the molecule is O=C(O)c1c(F)cccc1NC(=O)N1CCCNCC1. The van der Waals surface area contributed by atoms with Crippen LogP contribution in [0.3, 0.4) is 0 Å². The molecule has 0 radical (unpaired) electrons. The van der Waals surface area contributed by atoms with Crippen LogP contribution in [0.15, 0.2) is 18.2 Å². The van der Waals surface area contributed by atoms with Crippen LogP contribution in [-0.2, 0) is 0 Å². The van der Waals surface area contributed by atoms with E-state index in [2.05, 4.69) is 10.6 Å².